The van der Waals surface area contributed by atoms with Crippen LogP contribution in [0.1, 0.15) is 68.4 Å². The number of hydrogen-bond donors (Lipinski definition) is 1. The second kappa shape index (κ2) is 9.84. The number of para-hydroxylation sites is 1. The summed E-state index contributed by atoms with van der Waals surface area (Å²) in [7, 11) is -2.08. The first-order valence-corrected chi connectivity index (χ1v) is 12.2. The summed E-state index contributed by atoms with van der Waals surface area (Å²) in [5.41, 5.74) is 2.53. The van der Waals surface area contributed by atoms with Crippen LogP contribution in [0.4, 0.5) is 5.69 Å². The number of rotatable bonds is 9. The molecule has 2 aromatic rings. The van der Waals surface area contributed by atoms with Crippen molar-refractivity contribution >= 4 is 33.3 Å². The van der Waals surface area contributed by atoms with Crippen LogP contribution in [-0.2, 0) is 14.8 Å². The van der Waals surface area contributed by atoms with Crippen LogP contribution < -0.4 is 4.31 Å². The van der Waals surface area contributed by atoms with Crippen LogP contribution in [0, 0.1) is 0 Å². The second-order valence-electron chi connectivity index (χ2n) is 7.82. The fraction of sp³-hybridized carbons (Fsp3) is 0.435. The Balaban J connectivity index is 1.77. The number of hydrogen-bond acceptors (Lipinski definition) is 3. The molecule has 0 bridgehead atoms. The van der Waals surface area contributed by atoms with Gasteiger partial charge in [0.15, 0.2) is 0 Å². The van der Waals surface area contributed by atoms with Crippen LogP contribution in [0.3, 0.4) is 0 Å². The highest BCUT2D eigenvalue weighted by Crippen LogP contribution is 2.44. The topological polar surface area (TPSA) is 74.7 Å². The van der Waals surface area contributed by atoms with Crippen molar-refractivity contribution in [2.45, 2.75) is 62.2 Å². The molecule has 1 aliphatic heterocycles. The van der Waals surface area contributed by atoms with Gasteiger partial charge in [-0.3, -0.25) is 9.10 Å². The van der Waals surface area contributed by atoms with Gasteiger partial charge in [0.1, 0.15) is 0 Å². The van der Waals surface area contributed by atoms with Crippen molar-refractivity contribution in [1.29, 1.82) is 0 Å². The number of sulfonamides is 1. The first-order chi connectivity index (χ1) is 14.3. The van der Waals surface area contributed by atoms with Crippen LogP contribution in [-0.4, -0.2) is 26.5 Å². The van der Waals surface area contributed by atoms with Crippen LogP contribution in [0.2, 0.25) is 5.02 Å². The number of halogens is 1. The molecule has 2 aromatic carbocycles. The number of nitrogens with zero attached hydrogens (tertiary/aromatic N) is 1. The molecule has 0 aliphatic carbocycles. The summed E-state index contributed by atoms with van der Waals surface area (Å²) in [5.74, 6) is -0.749. The van der Waals surface area contributed by atoms with Gasteiger partial charge in [-0.05, 0) is 42.2 Å². The smallest absolute Gasteiger partial charge is 0.303 e. The second-order valence-corrected chi connectivity index (χ2v) is 10.2. The molecule has 3 rings (SSSR count). The van der Waals surface area contributed by atoms with Crippen LogP contribution in [0.25, 0.3) is 0 Å². The molecule has 0 spiro atoms. The summed E-state index contributed by atoms with van der Waals surface area (Å²) in [6.07, 6.45) is 6.84. The van der Waals surface area contributed by atoms with Crippen molar-refractivity contribution in [2.75, 3.05) is 11.4 Å². The quantitative estimate of drug-likeness (QED) is 0.489. The molecule has 5 nitrogen and oxygen atoms in total. The van der Waals surface area contributed by atoms with E-state index in [4.69, 9.17) is 16.7 Å². The van der Waals surface area contributed by atoms with Crippen molar-refractivity contribution in [3.8, 4) is 0 Å². The normalized spacial score (nSPS) is 17.1. The predicted molar refractivity (Wildman–Crippen MR) is 120 cm³/mol. The van der Waals surface area contributed by atoms with Crippen LogP contribution in [0.15, 0.2) is 47.4 Å². The van der Waals surface area contributed by atoms with Crippen molar-refractivity contribution in [3.05, 3.63) is 58.6 Å². The largest absolute Gasteiger partial charge is 0.481 e. The lowest BCUT2D eigenvalue weighted by Gasteiger charge is -2.21. The Bertz CT molecular complexity index is 1010. The molecule has 7 heteroatoms. The Morgan fingerprint density at radius 3 is 2.40 bits per heavy atom. The van der Waals surface area contributed by atoms with Gasteiger partial charge in [-0.25, -0.2) is 8.42 Å². The van der Waals surface area contributed by atoms with E-state index < -0.39 is 16.0 Å². The number of benzene rings is 2. The van der Waals surface area contributed by atoms with Gasteiger partial charge in [0.25, 0.3) is 10.0 Å². The minimum Gasteiger partial charge on any atom is -0.481 e. The molecule has 1 atom stereocenters. The first kappa shape index (κ1) is 22.6. The molecular weight excluding hydrogens is 422 g/mol. The van der Waals surface area contributed by atoms with E-state index >= 15 is 0 Å². The number of carbonyl (C=O) groups is 1. The minimum atomic E-state index is -3.68. The molecule has 1 N–H and O–H groups in total. The lowest BCUT2D eigenvalue weighted by Crippen LogP contribution is -2.26. The summed E-state index contributed by atoms with van der Waals surface area (Å²) in [5, 5.41) is 9.11. The number of carboxylic acids is 1. The maximum absolute atomic E-state index is 13.2. The summed E-state index contributed by atoms with van der Waals surface area (Å²) >= 11 is 6.15. The highest BCUT2D eigenvalue weighted by Gasteiger charge is 2.34. The number of anilines is 1. The van der Waals surface area contributed by atoms with Gasteiger partial charge < -0.3 is 5.11 Å². The molecule has 0 saturated carbocycles. The highest BCUT2D eigenvalue weighted by atomic mass is 35.5. The van der Waals surface area contributed by atoms with Gasteiger partial charge in [0.2, 0.25) is 0 Å². The van der Waals surface area contributed by atoms with Gasteiger partial charge in [0.05, 0.1) is 10.6 Å². The predicted octanol–water partition coefficient (Wildman–Crippen LogP) is 5.82. The number of unbranched alkanes of at least 4 members (excludes halogenated alkanes) is 5. The Labute approximate surface area is 183 Å². The average molecular weight is 450 g/mol. The molecule has 1 aliphatic rings. The van der Waals surface area contributed by atoms with Gasteiger partial charge >= 0.3 is 5.97 Å². The van der Waals surface area contributed by atoms with Gasteiger partial charge in [-0.2, -0.15) is 0 Å². The van der Waals surface area contributed by atoms with Gasteiger partial charge in [-0.15, -0.1) is 0 Å². The molecule has 1 heterocycles. The van der Waals surface area contributed by atoms with Gasteiger partial charge in [-0.1, -0.05) is 68.0 Å². The molecule has 0 radical (unpaired) electrons. The van der Waals surface area contributed by atoms with Crippen molar-refractivity contribution in [2.24, 2.45) is 0 Å². The summed E-state index contributed by atoms with van der Waals surface area (Å²) in [4.78, 5) is 10.9. The lowest BCUT2D eigenvalue weighted by molar-refractivity contribution is -0.137. The van der Waals surface area contributed by atoms with Gasteiger partial charge in [0, 0.05) is 24.4 Å². The Hall–Kier alpha value is -2.05. The van der Waals surface area contributed by atoms with Crippen molar-refractivity contribution in [3.63, 3.8) is 0 Å². The fourth-order valence-corrected chi connectivity index (χ4v) is 5.92. The Morgan fingerprint density at radius 2 is 1.67 bits per heavy atom. The van der Waals surface area contributed by atoms with E-state index in [2.05, 4.69) is 0 Å². The standard InChI is InChI=1S/C23H28ClNO4S/c1-25-21-12-9-8-11-19(21)18(10-6-4-2-3-5-7-13-23(26)27)20-15-14-17(24)16-22(20)30(25,28)29/h8-9,11-12,14-16,18H,2-7,10,13H2,1H3,(H,26,27). The molecule has 0 fully saturated rings. The monoisotopic (exact) mass is 449 g/mol. The van der Waals surface area contributed by atoms with E-state index in [0.717, 1.165) is 56.1 Å². The number of fused-ring (bicyclic) bond motifs is 2. The van der Waals surface area contributed by atoms with Crippen LogP contribution >= 0.6 is 11.6 Å². The Kier molecular flexibility index (Phi) is 7.42. The zero-order valence-electron chi connectivity index (χ0n) is 17.2. The van der Waals surface area contributed by atoms with E-state index in [1.54, 1.807) is 19.2 Å². The lowest BCUT2D eigenvalue weighted by atomic mass is 9.85. The van der Waals surface area contributed by atoms with Crippen molar-refractivity contribution in [1.82, 2.24) is 0 Å². The zero-order chi connectivity index (χ0) is 21.7. The third kappa shape index (κ3) is 4.98. The van der Waals surface area contributed by atoms with E-state index in [0.29, 0.717) is 10.7 Å². The Morgan fingerprint density at radius 1 is 1.00 bits per heavy atom. The molecular formula is C23H28ClNO4S. The highest BCUT2D eigenvalue weighted by molar-refractivity contribution is 7.92. The van der Waals surface area contributed by atoms with Crippen LogP contribution in [0.5, 0.6) is 0 Å². The van der Waals surface area contributed by atoms with E-state index in [9.17, 15) is 13.2 Å². The maximum Gasteiger partial charge on any atom is 0.303 e. The molecule has 1 unspecified atom stereocenters. The molecule has 162 valence electrons. The molecule has 30 heavy (non-hydrogen) atoms. The molecule has 0 amide bonds. The summed E-state index contributed by atoms with van der Waals surface area (Å²) < 4.78 is 27.8. The maximum atomic E-state index is 13.2. The molecule has 0 aromatic heterocycles. The van der Waals surface area contributed by atoms with E-state index in [1.807, 2.05) is 30.3 Å². The molecule has 0 saturated heterocycles. The van der Waals surface area contributed by atoms with E-state index in [1.165, 1.54) is 4.31 Å². The zero-order valence-corrected chi connectivity index (χ0v) is 18.8. The summed E-state index contributed by atoms with van der Waals surface area (Å²) in [6, 6.07) is 12.9. The average Bonchev–Trinajstić information content (AvgIpc) is 2.78. The minimum absolute atomic E-state index is 0.0137. The first-order valence-electron chi connectivity index (χ1n) is 10.4. The third-order valence-corrected chi connectivity index (χ3v) is 7.84. The van der Waals surface area contributed by atoms with Crippen molar-refractivity contribution < 1.29 is 18.3 Å². The number of aliphatic carboxylic acids is 1. The summed E-state index contributed by atoms with van der Waals surface area (Å²) in [6.45, 7) is 0. The fourth-order valence-electron chi connectivity index (χ4n) is 4.18. The van der Waals surface area contributed by atoms with E-state index in [-0.39, 0.29) is 17.2 Å². The third-order valence-electron chi connectivity index (χ3n) is 5.77. The number of carboxylic acid groups (broad SMARTS) is 1. The SMILES string of the molecule is CN1c2ccccc2C(CCCCCCCCC(=O)O)c2ccc(Cl)cc2S1(=O)=O.